The number of carbonyl (C=O) groups excluding carboxylic acids is 1. The molecule has 2 aromatic rings. The van der Waals surface area contributed by atoms with Gasteiger partial charge in [-0.3, -0.25) is 4.79 Å². The van der Waals surface area contributed by atoms with Gasteiger partial charge in [0, 0.05) is 24.7 Å². The Bertz CT molecular complexity index is 900. The summed E-state index contributed by atoms with van der Waals surface area (Å²) in [6.07, 6.45) is 1.18. The van der Waals surface area contributed by atoms with Crippen LogP contribution in [0.2, 0.25) is 0 Å². The van der Waals surface area contributed by atoms with Crippen LogP contribution in [0.1, 0.15) is 35.7 Å². The molecule has 0 bridgehead atoms. The molecule has 1 fully saturated rings. The molecule has 6 nitrogen and oxygen atoms in total. The molecule has 1 N–H and O–H groups in total. The Morgan fingerprint density at radius 2 is 1.68 bits per heavy atom. The van der Waals surface area contributed by atoms with Crippen molar-refractivity contribution in [2.24, 2.45) is 0 Å². The van der Waals surface area contributed by atoms with Crippen LogP contribution in [-0.2, 0) is 10.0 Å². The summed E-state index contributed by atoms with van der Waals surface area (Å²) in [5.41, 5.74) is 1.59. The summed E-state index contributed by atoms with van der Waals surface area (Å²) in [6.45, 7) is 5.20. The molecule has 1 aliphatic rings. The molecule has 0 saturated carbocycles. The second-order valence-electron chi connectivity index (χ2n) is 6.92. The largest absolute Gasteiger partial charge is 0.494 e. The van der Waals surface area contributed by atoms with Crippen molar-refractivity contribution in [3.63, 3.8) is 0 Å². The molecule has 3 rings (SSSR count). The van der Waals surface area contributed by atoms with Gasteiger partial charge in [-0.1, -0.05) is 17.7 Å². The van der Waals surface area contributed by atoms with E-state index in [1.54, 1.807) is 48.5 Å². The topological polar surface area (TPSA) is 75.7 Å². The Kier molecular flexibility index (Phi) is 6.36. The Hall–Kier alpha value is -2.38. The zero-order valence-corrected chi connectivity index (χ0v) is 17.0. The third-order valence-electron chi connectivity index (χ3n) is 4.88. The maximum Gasteiger partial charge on any atom is 0.251 e. The number of amides is 1. The van der Waals surface area contributed by atoms with E-state index in [0.717, 1.165) is 11.3 Å². The van der Waals surface area contributed by atoms with Crippen LogP contribution in [0.15, 0.2) is 53.4 Å². The zero-order chi connectivity index (χ0) is 20.1. The van der Waals surface area contributed by atoms with Gasteiger partial charge < -0.3 is 10.1 Å². The molecule has 0 spiro atoms. The van der Waals surface area contributed by atoms with Crippen molar-refractivity contribution in [3.05, 3.63) is 59.7 Å². The van der Waals surface area contributed by atoms with Crippen molar-refractivity contribution in [2.45, 2.75) is 37.6 Å². The molecule has 28 heavy (non-hydrogen) atoms. The minimum Gasteiger partial charge on any atom is -0.494 e. The summed E-state index contributed by atoms with van der Waals surface area (Å²) in [6, 6.07) is 13.9. The number of piperidine rings is 1. The average Bonchev–Trinajstić information content (AvgIpc) is 2.69. The van der Waals surface area contributed by atoms with E-state index >= 15 is 0 Å². The lowest BCUT2D eigenvalue weighted by Gasteiger charge is -2.31. The van der Waals surface area contributed by atoms with Gasteiger partial charge in [0.15, 0.2) is 0 Å². The first kappa shape index (κ1) is 20.4. The van der Waals surface area contributed by atoms with Gasteiger partial charge in [0.2, 0.25) is 10.0 Å². The van der Waals surface area contributed by atoms with Gasteiger partial charge >= 0.3 is 0 Å². The van der Waals surface area contributed by atoms with E-state index in [1.165, 1.54) is 4.31 Å². The number of nitrogens with one attached hydrogen (secondary N) is 1. The quantitative estimate of drug-likeness (QED) is 0.806. The van der Waals surface area contributed by atoms with Crippen LogP contribution in [-0.4, -0.2) is 44.4 Å². The molecule has 1 aliphatic heterocycles. The molecule has 150 valence electrons. The number of hydrogen-bond donors (Lipinski definition) is 1. The van der Waals surface area contributed by atoms with Crippen LogP contribution in [0.5, 0.6) is 5.75 Å². The molecule has 2 aromatic carbocycles. The summed E-state index contributed by atoms with van der Waals surface area (Å²) >= 11 is 0. The van der Waals surface area contributed by atoms with Gasteiger partial charge in [0.05, 0.1) is 11.5 Å². The minimum atomic E-state index is -3.49. The normalized spacial score (nSPS) is 15.9. The lowest BCUT2D eigenvalue weighted by atomic mass is 10.1. The highest BCUT2D eigenvalue weighted by molar-refractivity contribution is 7.89. The lowest BCUT2D eigenvalue weighted by molar-refractivity contribution is 0.0924. The smallest absolute Gasteiger partial charge is 0.251 e. The number of aryl methyl sites for hydroxylation is 1. The van der Waals surface area contributed by atoms with Crippen LogP contribution in [0.25, 0.3) is 0 Å². The van der Waals surface area contributed by atoms with Crippen molar-refractivity contribution in [1.29, 1.82) is 0 Å². The third kappa shape index (κ3) is 4.72. The molecule has 1 saturated heterocycles. The van der Waals surface area contributed by atoms with Crippen molar-refractivity contribution in [2.75, 3.05) is 19.7 Å². The maximum absolute atomic E-state index is 12.8. The second-order valence-corrected chi connectivity index (χ2v) is 8.86. The maximum atomic E-state index is 12.8. The summed E-state index contributed by atoms with van der Waals surface area (Å²) < 4.78 is 32.4. The van der Waals surface area contributed by atoms with E-state index in [0.29, 0.717) is 43.0 Å². The lowest BCUT2D eigenvalue weighted by Crippen LogP contribution is -2.46. The second kappa shape index (κ2) is 8.75. The fourth-order valence-corrected chi connectivity index (χ4v) is 4.71. The fraction of sp³-hybridized carbons (Fsp3) is 0.381. The standard InChI is InChI=1S/C21H26N2O4S/c1-3-27-19-8-6-17(7-9-19)21(24)22-18-12-14-23(15-13-18)28(25,26)20-10-4-16(2)5-11-20/h4-11,18H,3,12-15H2,1-2H3,(H,22,24). The average molecular weight is 403 g/mol. The molecular formula is C21H26N2O4S. The van der Waals surface area contributed by atoms with Crippen molar-refractivity contribution in [3.8, 4) is 5.75 Å². The van der Waals surface area contributed by atoms with E-state index < -0.39 is 10.0 Å². The first-order chi connectivity index (χ1) is 13.4. The highest BCUT2D eigenvalue weighted by Gasteiger charge is 2.30. The van der Waals surface area contributed by atoms with Gasteiger partial charge in [-0.05, 0) is 63.1 Å². The minimum absolute atomic E-state index is 0.0384. The molecule has 1 heterocycles. The molecule has 0 atom stereocenters. The first-order valence-electron chi connectivity index (χ1n) is 9.50. The third-order valence-corrected chi connectivity index (χ3v) is 6.79. The van der Waals surface area contributed by atoms with Gasteiger partial charge in [-0.25, -0.2) is 8.42 Å². The number of hydrogen-bond acceptors (Lipinski definition) is 4. The van der Waals surface area contributed by atoms with Crippen molar-refractivity contribution >= 4 is 15.9 Å². The van der Waals surface area contributed by atoms with Crippen LogP contribution in [0, 0.1) is 6.92 Å². The van der Waals surface area contributed by atoms with E-state index in [2.05, 4.69) is 5.32 Å². The molecule has 0 radical (unpaired) electrons. The predicted octanol–water partition coefficient (Wildman–Crippen LogP) is 2.98. The molecule has 0 aromatic heterocycles. The number of sulfonamides is 1. The first-order valence-corrected chi connectivity index (χ1v) is 10.9. The predicted molar refractivity (Wildman–Crippen MR) is 108 cm³/mol. The number of nitrogens with zero attached hydrogens (tertiary/aromatic N) is 1. The number of ether oxygens (including phenoxy) is 1. The molecule has 1 amide bonds. The highest BCUT2D eigenvalue weighted by atomic mass is 32.2. The van der Waals surface area contributed by atoms with Crippen LogP contribution in [0.3, 0.4) is 0 Å². The van der Waals surface area contributed by atoms with E-state index in [9.17, 15) is 13.2 Å². The van der Waals surface area contributed by atoms with Gasteiger partial charge in [-0.2, -0.15) is 4.31 Å². The van der Waals surface area contributed by atoms with Gasteiger partial charge in [-0.15, -0.1) is 0 Å². The van der Waals surface area contributed by atoms with Crippen LogP contribution < -0.4 is 10.1 Å². The van der Waals surface area contributed by atoms with Gasteiger partial charge in [0.25, 0.3) is 5.91 Å². The number of benzene rings is 2. The Morgan fingerprint density at radius 3 is 2.25 bits per heavy atom. The summed E-state index contributed by atoms with van der Waals surface area (Å²) in [5.74, 6) is 0.580. The highest BCUT2D eigenvalue weighted by Crippen LogP contribution is 2.21. The van der Waals surface area contributed by atoms with Crippen molar-refractivity contribution in [1.82, 2.24) is 9.62 Å². The van der Waals surface area contributed by atoms with E-state index in [4.69, 9.17) is 4.74 Å². The SMILES string of the molecule is CCOc1ccc(C(=O)NC2CCN(S(=O)(=O)c3ccc(C)cc3)CC2)cc1. The van der Waals surface area contributed by atoms with Gasteiger partial charge in [0.1, 0.15) is 5.75 Å². The molecule has 7 heteroatoms. The van der Waals surface area contributed by atoms with Crippen LogP contribution >= 0.6 is 0 Å². The monoisotopic (exact) mass is 402 g/mol. The number of carbonyl (C=O) groups is 1. The number of rotatable bonds is 6. The van der Waals surface area contributed by atoms with E-state index in [1.807, 2.05) is 13.8 Å². The summed E-state index contributed by atoms with van der Waals surface area (Å²) in [7, 11) is -3.49. The summed E-state index contributed by atoms with van der Waals surface area (Å²) in [5, 5.41) is 3.00. The molecule has 0 aliphatic carbocycles. The fourth-order valence-electron chi connectivity index (χ4n) is 3.24. The molecular weight excluding hydrogens is 376 g/mol. The Labute approximate surface area is 166 Å². The zero-order valence-electron chi connectivity index (χ0n) is 16.2. The Balaban J connectivity index is 1.56. The molecule has 0 unspecified atom stereocenters. The Morgan fingerprint density at radius 1 is 1.07 bits per heavy atom. The van der Waals surface area contributed by atoms with Crippen molar-refractivity contribution < 1.29 is 17.9 Å². The van der Waals surface area contributed by atoms with Crippen LogP contribution in [0.4, 0.5) is 0 Å². The van der Waals surface area contributed by atoms with E-state index in [-0.39, 0.29) is 11.9 Å². The summed E-state index contributed by atoms with van der Waals surface area (Å²) in [4.78, 5) is 12.7.